The number of benzene rings is 1. The van der Waals surface area contributed by atoms with Crippen LogP contribution in [-0.4, -0.2) is 23.2 Å². The molecule has 0 bridgehead atoms. The molecular weight excluding hydrogens is 259 g/mol. The van der Waals surface area contributed by atoms with Crippen molar-refractivity contribution in [2.24, 2.45) is 0 Å². The number of aromatic amines is 1. The van der Waals surface area contributed by atoms with E-state index >= 15 is 0 Å². The molecule has 2 aromatic rings. The Morgan fingerprint density at radius 1 is 1.40 bits per heavy atom. The van der Waals surface area contributed by atoms with Crippen LogP contribution < -0.4 is 10.6 Å². The lowest BCUT2D eigenvalue weighted by molar-refractivity contribution is 0.0989. The summed E-state index contributed by atoms with van der Waals surface area (Å²) in [5.41, 5.74) is 8.07. The molecule has 1 aliphatic rings. The van der Waals surface area contributed by atoms with Crippen LogP contribution in [0.15, 0.2) is 24.3 Å². The SMILES string of the molecule is CN(C(=O)c1n[nH]c(C2CC2)c1N)c1ccc(F)cc1. The molecule has 1 heterocycles. The quantitative estimate of drug-likeness (QED) is 0.901. The van der Waals surface area contributed by atoms with E-state index in [1.165, 1.54) is 29.2 Å². The van der Waals surface area contributed by atoms with Crippen molar-refractivity contribution in [2.45, 2.75) is 18.8 Å². The van der Waals surface area contributed by atoms with Crippen LogP contribution in [0.5, 0.6) is 0 Å². The van der Waals surface area contributed by atoms with Crippen LogP contribution in [0.2, 0.25) is 0 Å². The normalized spacial score (nSPS) is 14.3. The van der Waals surface area contributed by atoms with Crippen LogP contribution >= 0.6 is 0 Å². The molecule has 3 N–H and O–H groups in total. The number of rotatable bonds is 3. The van der Waals surface area contributed by atoms with Gasteiger partial charge in [-0.3, -0.25) is 9.89 Å². The van der Waals surface area contributed by atoms with Crippen molar-refractivity contribution in [2.75, 3.05) is 17.7 Å². The Hall–Kier alpha value is -2.37. The number of aromatic nitrogens is 2. The van der Waals surface area contributed by atoms with Gasteiger partial charge in [-0.2, -0.15) is 5.10 Å². The summed E-state index contributed by atoms with van der Waals surface area (Å²) < 4.78 is 12.9. The molecule has 0 aliphatic heterocycles. The first-order valence-electron chi connectivity index (χ1n) is 6.45. The summed E-state index contributed by atoms with van der Waals surface area (Å²) in [7, 11) is 1.61. The average Bonchev–Trinajstić information content (AvgIpc) is 3.21. The van der Waals surface area contributed by atoms with E-state index in [0.29, 0.717) is 17.3 Å². The Bertz CT molecular complexity index is 646. The number of anilines is 2. The maximum absolute atomic E-state index is 12.9. The predicted octanol–water partition coefficient (Wildman–Crippen LogP) is 2.29. The number of nitrogens with two attached hydrogens (primary N) is 1. The number of nitrogen functional groups attached to an aromatic ring is 1. The number of carbonyl (C=O) groups is 1. The number of amides is 1. The third-order valence-electron chi connectivity index (χ3n) is 3.54. The van der Waals surface area contributed by atoms with E-state index in [2.05, 4.69) is 10.2 Å². The van der Waals surface area contributed by atoms with E-state index in [-0.39, 0.29) is 17.4 Å². The zero-order chi connectivity index (χ0) is 14.3. The number of hydrogen-bond acceptors (Lipinski definition) is 3. The lowest BCUT2D eigenvalue weighted by Gasteiger charge is -2.16. The fourth-order valence-electron chi connectivity index (χ4n) is 2.15. The molecule has 5 nitrogen and oxygen atoms in total. The summed E-state index contributed by atoms with van der Waals surface area (Å²) in [5, 5.41) is 6.88. The van der Waals surface area contributed by atoms with Crippen LogP contribution in [0.1, 0.15) is 34.9 Å². The third-order valence-corrected chi connectivity index (χ3v) is 3.54. The number of nitrogens with zero attached hydrogens (tertiary/aromatic N) is 2. The second-order valence-corrected chi connectivity index (χ2v) is 5.01. The van der Waals surface area contributed by atoms with Gasteiger partial charge in [-0.05, 0) is 37.1 Å². The topological polar surface area (TPSA) is 75.0 Å². The van der Waals surface area contributed by atoms with Crippen LogP contribution in [0, 0.1) is 5.82 Å². The van der Waals surface area contributed by atoms with Crippen LogP contribution in [0.4, 0.5) is 15.8 Å². The van der Waals surface area contributed by atoms with Crippen molar-refractivity contribution in [3.63, 3.8) is 0 Å². The Morgan fingerprint density at radius 2 is 2.05 bits per heavy atom. The highest BCUT2D eigenvalue weighted by Crippen LogP contribution is 2.42. The van der Waals surface area contributed by atoms with Gasteiger partial charge in [-0.1, -0.05) is 0 Å². The number of carbonyl (C=O) groups excluding carboxylic acids is 1. The van der Waals surface area contributed by atoms with Gasteiger partial charge in [0.25, 0.3) is 5.91 Å². The maximum Gasteiger partial charge on any atom is 0.280 e. The molecule has 6 heteroatoms. The fourth-order valence-corrected chi connectivity index (χ4v) is 2.15. The number of hydrogen-bond donors (Lipinski definition) is 2. The zero-order valence-corrected chi connectivity index (χ0v) is 11.1. The van der Waals surface area contributed by atoms with Crippen molar-refractivity contribution >= 4 is 17.3 Å². The second kappa shape index (κ2) is 4.63. The molecule has 1 fully saturated rings. The Kier molecular flexibility index (Phi) is 2.93. The minimum atomic E-state index is -0.343. The van der Waals surface area contributed by atoms with Gasteiger partial charge in [0.05, 0.1) is 11.4 Å². The zero-order valence-electron chi connectivity index (χ0n) is 11.1. The van der Waals surface area contributed by atoms with Gasteiger partial charge in [0.1, 0.15) is 5.82 Å². The molecule has 0 saturated heterocycles. The summed E-state index contributed by atoms with van der Waals surface area (Å²) in [5.74, 6) is -0.248. The standard InChI is InChI=1S/C14H15FN4O/c1-19(10-6-4-9(15)5-7-10)14(20)13-11(16)12(17-18-13)8-2-3-8/h4-8H,2-3,16H2,1H3,(H,17,18). The maximum atomic E-state index is 12.9. The second-order valence-electron chi connectivity index (χ2n) is 5.01. The lowest BCUT2D eigenvalue weighted by Crippen LogP contribution is -2.27. The summed E-state index contributed by atoms with van der Waals surface area (Å²) in [4.78, 5) is 13.8. The molecular formula is C14H15FN4O. The number of halogens is 1. The smallest absolute Gasteiger partial charge is 0.280 e. The average molecular weight is 274 g/mol. The molecule has 1 aromatic heterocycles. The number of H-pyrrole nitrogens is 1. The molecule has 0 atom stereocenters. The Morgan fingerprint density at radius 3 is 2.65 bits per heavy atom. The Labute approximate surface area is 115 Å². The van der Waals surface area contributed by atoms with Crippen molar-refractivity contribution in [3.8, 4) is 0 Å². The molecule has 0 unspecified atom stereocenters. The largest absolute Gasteiger partial charge is 0.395 e. The molecule has 0 spiro atoms. The summed E-state index contributed by atoms with van der Waals surface area (Å²) in [6.45, 7) is 0. The van der Waals surface area contributed by atoms with E-state index in [1.807, 2.05) is 0 Å². The molecule has 0 radical (unpaired) electrons. The van der Waals surface area contributed by atoms with E-state index < -0.39 is 0 Å². The fraction of sp³-hybridized carbons (Fsp3) is 0.286. The van der Waals surface area contributed by atoms with Crippen LogP contribution in [-0.2, 0) is 0 Å². The van der Waals surface area contributed by atoms with Crippen molar-refractivity contribution in [3.05, 3.63) is 41.5 Å². The van der Waals surface area contributed by atoms with Gasteiger partial charge in [0.15, 0.2) is 5.69 Å². The summed E-state index contributed by atoms with van der Waals surface area (Å²) in [6, 6.07) is 5.70. The van der Waals surface area contributed by atoms with Crippen molar-refractivity contribution in [1.82, 2.24) is 10.2 Å². The van der Waals surface area contributed by atoms with Gasteiger partial charge in [0.2, 0.25) is 0 Å². The monoisotopic (exact) mass is 274 g/mol. The van der Waals surface area contributed by atoms with Gasteiger partial charge in [-0.25, -0.2) is 4.39 Å². The third kappa shape index (κ3) is 2.13. The van der Waals surface area contributed by atoms with Gasteiger partial charge >= 0.3 is 0 Å². The summed E-state index contributed by atoms with van der Waals surface area (Å²) in [6.07, 6.45) is 2.15. The summed E-state index contributed by atoms with van der Waals surface area (Å²) >= 11 is 0. The van der Waals surface area contributed by atoms with Gasteiger partial charge in [-0.15, -0.1) is 0 Å². The lowest BCUT2D eigenvalue weighted by atomic mass is 10.2. The van der Waals surface area contributed by atoms with E-state index in [0.717, 1.165) is 18.5 Å². The molecule has 20 heavy (non-hydrogen) atoms. The highest BCUT2D eigenvalue weighted by atomic mass is 19.1. The van der Waals surface area contributed by atoms with Crippen molar-refractivity contribution in [1.29, 1.82) is 0 Å². The molecule has 1 saturated carbocycles. The van der Waals surface area contributed by atoms with E-state index in [1.54, 1.807) is 7.05 Å². The van der Waals surface area contributed by atoms with Gasteiger partial charge in [0, 0.05) is 18.7 Å². The molecule has 1 aromatic carbocycles. The Balaban J connectivity index is 1.86. The molecule has 3 rings (SSSR count). The van der Waals surface area contributed by atoms with E-state index in [9.17, 15) is 9.18 Å². The first kappa shape index (κ1) is 12.7. The van der Waals surface area contributed by atoms with Crippen LogP contribution in [0.3, 0.4) is 0 Å². The molecule has 1 aliphatic carbocycles. The highest BCUT2D eigenvalue weighted by Gasteiger charge is 2.31. The first-order chi connectivity index (χ1) is 9.58. The van der Waals surface area contributed by atoms with Gasteiger partial charge < -0.3 is 10.6 Å². The van der Waals surface area contributed by atoms with Crippen molar-refractivity contribution < 1.29 is 9.18 Å². The minimum absolute atomic E-state index is 0.221. The molecule has 104 valence electrons. The highest BCUT2D eigenvalue weighted by molar-refractivity contribution is 6.07. The molecule has 1 amide bonds. The number of nitrogens with one attached hydrogen (secondary N) is 1. The van der Waals surface area contributed by atoms with Crippen LogP contribution in [0.25, 0.3) is 0 Å². The first-order valence-corrected chi connectivity index (χ1v) is 6.45. The predicted molar refractivity (Wildman–Crippen MR) is 74.1 cm³/mol. The van der Waals surface area contributed by atoms with E-state index in [4.69, 9.17) is 5.73 Å². The minimum Gasteiger partial charge on any atom is -0.395 e.